The molecule has 0 unspecified atom stereocenters. The van der Waals surface area contributed by atoms with Gasteiger partial charge in [-0.05, 0) is 24.3 Å². The summed E-state index contributed by atoms with van der Waals surface area (Å²) in [5.41, 5.74) is 0.702. The molecule has 3 rings (SSSR count). The van der Waals surface area contributed by atoms with Crippen LogP contribution < -0.4 is 0 Å². The monoisotopic (exact) mass is 469 g/mol. The van der Waals surface area contributed by atoms with E-state index in [0.29, 0.717) is 11.5 Å². The van der Waals surface area contributed by atoms with Gasteiger partial charge in [-0.1, -0.05) is 15.9 Å². The molecule has 0 saturated carbocycles. The van der Waals surface area contributed by atoms with Crippen molar-refractivity contribution < 1.29 is 38.1 Å². The van der Waals surface area contributed by atoms with Crippen LogP contribution in [0.2, 0.25) is 0 Å². The molecule has 0 amide bonds. The lowest BCUT2D eigenvalue weighted by atomic mass is 9.98. The fraction of sp³-hybridized carbons (Fsp3) is 0.474. The topological polar surface area (TPSA) is 110 Å². The van der Waals surface area contributed by atoms with Crippen LogP contribution in [-0.4, -0.2) is 61.1 Å². The summed E-state index contributed by atoms with van der Waals surface area (Å²) >= 11 is 3.37. The lowest BCUT2D eigenvalue weighted by Crippen LogP contribution is -2.60. The number of hydrogen-bond acceptors (Lipinski definition) is 9. The Morgan fingerprint density at radius 1 is 1.00 bits per heavy atom. The van der Waals surface area contributed by atoms with Crippen LogP contribution in [0.25, 0.3) is 0 Å². The first kappa shape index (κ1) is 21.3. The van der Waals surface area contributed by atoms with Gasteiger partial charge in [0, 0.05) is 30.8 Å². The number of ether oxygens (including phenoxy) is 5. The van der Waals surface area contributed by atoms with E-state index in [1.165, 1.54) is 20.8 Å². The molecule has 29 heavy (non-hydrogen) atoms. The Morgan fingerprint density at radius 3 is 2.21 bits per heavy atom. The van der Waals surface area contributed by atoms with Gasteiger partial charge in [0.2, 0.25) is 5.90 Å². The second-order valence-corrected chi connectivity index (χ2v) is 7.46. The van der Waals surface area contributed by atoms with Crippen LogP contribution in [-0.2, 0) is 38.1 Å². The molecule has 1 aromatic carbocycles. The molecule has 1 saturated heterocycles. The van der Waals surface area contributed by atoms with Gasteiger partial charge in [-0.3, -0.25) is 14.4 Å². The third-order valence-electron chi connectivity index (χ3n) is 4.25. The van der Waals surface area contributed by atoms with E-state index in [2.05, 4.69) is 20.9 Å². The van der Waals surface area contributed by atoms with Gasteiger partial charge in [-0.15, -0.1) is 0 Å². The van der Waals surface area contributed by atoms with E-state index in [-0.39, 0.29) is 6.61 Å². The van der Waals surface area contributed by atoms with Gasteiger partial charge in [0.05, 0.1) is 0 Å². The Balaban J connectivity index is 1.90. The van der Waals surface area contributed by atoms with Crippen LogP contribution >= 0.6 is 15.9 Å². The summed E-state index contributed by atoms with van der Waals surface area (Å²) in [6, 6.07) is 7.28. The molecule has 0 N–H and O–H groups in total. The van der Waals surface area contributed by atoms with E-state index in [4.69, 9.17) is 23.7 Å². The number of nitrogens with zero attached hydrogens (tertiary/aromatic N) is 1. The minimum absolute atomic E-state index is 0.197. The van der Waals surface area contributed by atoms with Crippen molar-refractivity contribution in [2.75, 3.05) is 6.61 Å². The Labute approximate surface area is 175 Å². The van der Waals surface area contributed by atoms with Crippen molar-refractivity contribution in [1.29, 1.82) is 0 Å². The minimum atomic E-state index is -1.03. The van der Waals surface area contributed by atoms with Crippen LogP contribution in [0.1, 0.15) is 26.3 Å². The van der Waals surface area contributed by atoms with Crippen LogP contribution in [0.4, 0.5) is 0 Å². The molecule has 0 radical (unpaired) electrons. The molecule has 2 aliphatic heterocycles. The average molecular weight is 470 g/mol. The fourth-order valence-corrected chi connectivity index (χ4v) is 3.39. The van der Waals surface area contributed by atoms with Gasteiger partial charge in [0.25, 0.3) is 0 Å². The molecule has 1 fully saturated rings. The van der Waals surface area contributed by atoms with Gasteiger partial charge in [-0.25, -0.2) is 4.99 Å². The molecule has 5 atom stereocenters. The molecule has 2 aliphatic rings. The average Bonchev–Trinajstić information content (AvgIpc) is 3.06. The first-order valence-corrected chi connectivity index (χ1v) is 9.67. The van der Waals surface area contributed by atoms with Crippen molar-refractivity contribution in [2.45, 2.75) is 51.4 Å². The number of aliphatic imine (C=N–C) groups is 1. The second-order valence-electron chi connectivity index (χ2n) is 6.54. The predicted octanol–water partition coefficient (Wildman–Crippen LogP) is 1.75. The Morgan fingerprint density at radius 2 is 1.62 bits per heavy atom. The number of esters is 3. The normalized spacial score (nSPS) is 27.9. The predicted molar refractivity (Wildman–Crippen MR) is 102 cm³/mol. The minimum Gasteiger partial charge on any atom is -0.465 e. The first-order chi connectivity index (χ1) is 13.7. The molecule has 0 bridgehead atoms. The molecular weight excluding hydrogens is 450 g/mol. The Bertz CT molecular complexity index is 824. The zero-order valence-electron chi connectivity index (χ0n) is 16.0. The van der Waals surface area contributed by atoms with Gasteiger partial charge in [-0.2, -0.15) is 0 Å². The van der Waals surface area contributed by atoms with Crippen LogP contribution in [0, 0.1) is 0 Å². The number of halogens is 1. The van der Waals surface area contributed by atoms with Crippen LogP contribution in [0.5, 0.6) is 0 Å². The smallest absolute Gasteiger partial charge is 0.303 e. The first-order valence-electron chi connectivity index (χ1n) is 8.88. The van der Waals surface area contributed by atoms with E-state index in [1.807, 2.05) is 12.1 Å². The van der Waals surface area contributed by atoms with Crippen molar-refractivity contribution in [3.63, 3.8) is 0 Å². The summed E-state index contributed by atoms with van der Waals surface area (Å²) in [5, 5.41) is 0. The maximum atomic E-state index is 11.7. The number of carbonyl (C=O) groups is 3. The zero-order chi connectivity index (χ0) is 21.1. The second kappa shape index (κ2) is 8.91. The number of benzene rings is 1. The number of carbonyl (C=O) groups excluding carboxylic acids is 3. The molecule has 156 valence electrons. The molecule has 2 heterocycles. The lowest BCUT2D eigenvalue weighted by molar-refractivity contribution is -0.236. The van der Waals surface area contributed by atoms with Gasteiger partial charge in [0.1, 0.15) is 12.7 Å². The standard InChI is InChI=1S/C19H20BrNO8/c1-9(22)25-8-14-15(26-10(2)23)16(27-11(3)24)17-19(28-14)21-18(29-17)12-4-6-13(20)7-5-12/h4-7,14-17,19H,8H2,1-3H3/t14-,15-,16+,17-,19+/m1/s1. The molecule has 0 aliphatic carbocycles. The molecule has 0 spiro atoms. The Kier molecular flexibility index (Phi) is 6.53. The number of fused-ring (bicyclic) bond motifs is 1. The fourth-order valence-electron chi connectivity index (χ4n) is 3.13. The zero-order valence-corrected chi connectivity index (χ0v) is 17.6. The highest BCUT2D eigenvalue weighted by molar-refractivity contribution is 9.10. The highest BCUT2D eigenvalue weighted by atomic mass is 79.9. The van der Waals surface area contributed by atoms with E-state index >= 15 is 0 Å². The SMILES string of the molecule is CC(=O)OC[C@H]1O[C@@H]2N=C(c3ccc(Br)cc3)O[C@@H]2[C@@H](OC(C)=O)[C@@H]1OC(C)=O. The number of rotatable bonds is 5. The highest BCUT2D eigenvalue weighted by Crippen LogP contribution is 2.34. The van der Waals surface area contributed by atoms with E-state index in [9.17, 15) is 14.4 Å². The summed E-state index contributed by atoms with van der Waals surface area (Å²) in [7, 11) is 0. The maximum Gasteiger partial charge on any atom is 0.303 e. The molecule has 0 aromatic heterocycles. The third-order valence-corrected chi connectivity index (χ3v) is 4.78. The van der Waals surface area contributed by atoms with E-state index in [1.54, 1.807) is 12.1 Å². The molecule has 1 aromatic rings. The van der Waals surface area contributed by atoms with Crippen molar-refractivity contribution in [3.05, 3.63) is 34.3 Å². The highest BCUT2D eigenvalue weighted by Gasteiger charge is 2.54. The van der Waals surface area contributed by atoms with Crippen molar-refractivity contribution in [1.82, 2.24) is 0 Å². The number of hydrogen-bond donors (Lipinski definition) is 0. The summed E-state index contributed by atoms with van der Waals surface area (Å²) in [5.74, 6) is -1.41. The Hall–Kier alpha value is -2.46. The maximum absolute atomic E-state index is 11.7. The largest absolute Gasteiger partial charge is 0.465 e. The lowest BCUT2D eigenvalue weighted by Gasteiger charge is -2.40. The summed E-state index contributed by atoms with van der Waals surface area (Å²) in [6.45, 7) is 3.51. The summed E-state index contributed by atoms with van der Waals surface area (Å²) in [4.78, 5) is 39.0. The van der Waals surface area contributed by atoms with Crippen LogP contribution in [0.15, 0.2) is 33.7 Å². The molecule has 9 nitrogen and oxygen atoms in total. The van der Waals surface area contributed by atoms with Crippen molar-refractivity contribution in [3.8, 4) is 0 Å². The molecule has 10 heteroatoms. The van der Waals surface area contributed by atoms with Gasteiger partial charge in [0.15, 0.2) is 24.5 Å². The summed E-state index contributed by atoms with van der Waals surface area (Å²) < 4.78 is 28.5. The van der Waals surface area contributed by atoms with Gasteiger partial charge < -0.3 is 23.7 Å². The van der Waals surface area contributed by atoms with Crippen molar-refractivity contribution in [2.24, 2.45) is 4.99 Å². The summed E-state index contributed by atoms with van der Waals surface area (Å²) in [6.07, 6.45) is -4.56. The van der Waals surface area contributed by atoms with E-state index in [0.717, 1.165) is 4.47 Å². The van der Waals surface area contributed by atoms with Gasteiger partial charge >= 0.3 is 17.9 Å². The third kappa shape index (κ3) is 5.13. The van der Waals surface area contributed by atoms with Crippen molar-refractivity contribution >= 4 is 39.7 Å². The quantitative estimate of drug-likeness (QED) is 0.473. The van der Waals surface area contributed by atoms with E-state index < -0.39 is 48.6 Å². The van der Waals surface area contributed by atoms with Crippen LogP contribution in [0.3, 0.4) is 0 Å². The molecular formula is C19H20BrNO8.